The molecule has 6 unspecified atom stereocenters. The minimum absolute atomic E-state index is 0.0135. The van der Waals surface area contributed by atoms with E-state index in [9.17, 15) is 14.4 Å². The Labute approximate surface area is 133 Å². The van der Waals surface area contributed by atoms with Crippen molar-refractivity contribution in [3.63, 3.8) is 0 Å². The van der Waals surface area contributed by atoms with E-state index in [2.05, 4.69) is 6.58 Å². The number of carbonyl (C=O) groups excluding carboxylic acids is 3. The first-order valence-electron chi connectivity index (χ1n) is 7.68. The van der Waals surface area contributed by atoms with Crippen LogP contribution in [-0.2, 0) is 33.3 Å². The maximum atomic E-state index is 12.0. The predicted octanol–water partition coefficient (Wildman–Crippen LogP) is 0.471. The Kier molecular flexibility index (Phi) is 4.14. The van der Waals surface area contributed by atoms with Gasteiger partial charge in [-0.3, -0.25) is 9.59 Å². The quantitative estimate of drug-likeness (QED) is 0.304. The van der Waals surface area contributed by atoms with Crippen LogP contribution in [0.5, 0.6) is 0 Å². The van der Waals surface area contributed by atoms with Gasteiger partial charge in [0.05, 0.1) is 31.7 Å². The lowest BCUT2D eigenvalue weighted by Crippen LogP contribution is -2.43. The van der Waals surface area contributed by atoms with Crippen LogP contribution in [0.2, 0.25) is 0 Å². The molecule has 0 spiro atoms. The van der Waals surface area contributed by atoms with Gasteiger partial charge < -0.3 is 18.9 Å². The van der Waals surface area contributed by atoms with E-state index in [0.717, 1.165) is 6.42 Å². The zero-order valence-electron chi connectivity index (χ0n) is 13.2. The maximum absolute atomic E-state index is 12.0. The smallest absolute Gasteiger partial charge is 0.333 e. The molecule has 3 rings (SSSR count). The first kappa shape index (κ1) is 16.0. The number of rotatable bonds is 6. The summed E-state index contributed by atoms with van der Waals surface area (Å²) in [5.41, 5.74) is 0.322. The summed E-state index contributed by atoms with van der Waals surface area (Å²) in [4.78, 5) is 35.3. The highest BCUT2D eigenvalue weighted by Gasteiger charge is 2.69. The van der Waals surface area contributed by atoms with E-state index in [1.165, 1.54) is 7.11 Å². The monoisotopic (exact) mass is 324 g/mol. The minimum Gasteiger partial charge on any atom is -0.469 e. The van der Waals surface area contributed by atoms with E-state index >= 15 is 0 Å². The van der Waals surface area contributed by atoms with E-state index in [0.29, 0.717) is 5.57 Å². The van der Waals surface area contributed by atoms with Crippen molar-refractivity contribution in [2.45, 2.75) is 25.6 Å². The lowest BCUT2D eigenvalue weighted by molar-refractivity contribution is -0.154. The van der Waals surface area contributed by atoms with Crippen LogP contribution < -0.4 is 0 Å². The SMILES string of the molecule is C=C(C)C(=O)OCCOC1C2CC3C1OC(=O)C3C2C(=O)OC. The molecular weight excluding hydrogens is 304 g/mol. The Hall–Kier alpha value is -1.89. The average molecular weight is 324 g/mol. The second-order valence-corrected chi connectivity index (χ2v) is 6.29. The van der Waals surface area contributed by atoms with Gasteiger partial charge in [0.15, 0.2) is 0 Å². The Balaban J connectivity index is 1.61. The van der Waals surface area contributed by atoms with Crippen LogP contribution >= 0.6 is 0 Å². The highest BCUT2D eigenvalue weighted by molar-refractivity contribution is 5.87. The summed E-state index contributed by atoms with van der Waals surface area (Å²) in [6.45, 7) is 5.33. The van der Waals surface area contributed by atoms with Crippen LogP contribution in [-0.4, -0.2) is 50.4 Å². The third-order valence-corrected chi connectivity index (χ3v) is 4.99. The maximum Gasteiger partial charge on any atom is 0.333 e. The molecular formula is C16H20O7. The molecule has 3 fully saturated rings. The molecule has 1 heterocycles. The van der Waals surface area contributed by atoms with E-state index in [1.807, 2.05) is 0 Å². The Morgan fingerprint density at radius 2 is 2.04 bits per heavy atom. The molecule has 2 bridgehead atoms. The molecule has 0 aromatic carbocycles. The van der Waals surface area contributed by atoms with Gasteiger partial charge in [0.2, 0.25) is 0 Å². The van der Waals surface area contributed by atoms with Gasteiger partial charge in [0.1, 0.15) is 12.7 Å². The van der Waals surface area contributed by atoms with Crippen LogP contribution in [0.4, 0.5) is 0 Å². The summed E-state index contributed by atoms with van der Waals surface area (Å²) in [7, 11) is 1.32. The van der Waals surface area contributed by atoms with Gasteiger partial charge in [-0.15, -0.1) is 0 Å². The van der Waals surface area contributed by atoms with Crippen molar-refractivity contribution in [3.8, 4) is 0 Å². The van der Waals surface area contributed by atoms with E-state index in [4.69, 9.17) is 18.9 Å². The summed E-state index contributed by atoms with van der Waals surface area (Å²) in [6.07, 6.45) is 0.0578. The molecule has 6 atom stereocenters. The summed E-state index contributed by atoms with van der Waals surface area (Å²) < 4.78 is 21.0. The number of fused-ring (bicyclic) bond motifs is 1. The Morgan fingerprint density at radius 3 is 2.70 bits per heavy atom. The second kappa shape index (κ2) is 5.96. The molecule has 0 radical (unpaired) electrons. The molecule has 0 aromatic rings. The third-order valence-electron chi connectivity index (χ3n) is 4.99. The highest BCUT2D eigenvalue weighted by atomic mass is 16.6. The van der Waals surface area contributed by atoms with Crippen molar-refractivity contribution >= 4 is 17.9 Å². The summed E-state index contributed by atoms with van der Waals surface area (Å²) >= 11 is 0. The zero-order chi connectivity index (χ0) is 16.7. The lowest BCUT2D eigenvalue weighted by atomic mass is 9.78. The summed E-state index contributed by atoms with van der Waals surface area (Å²) in [5, 5.41) is 0. The fraction of sp³-hybridized carbons (Fsp3) is 0.688. The Morgan fingerprint density at radius 1 is 1.30 bits per heavy atom. The number of carbonyl (C=O) groups is 3. The van der Waals surface area contributed by atoms with Crippen molar-refractivity contribution in [1.29, 1.82) is 0 Å². The molecule has 0 aromatic heterocycles. The van der Waals surface area contributed by atoms with Gasteiger partial charge in [-0.25, -0.2) is 4.79 Å². The molecule has 2 aliphatic carbocycles. The first-order valence-corrected chi connectivity index (χ1v) is 7.68. The van der Waals surface area contributed by atoms with Crippen LogP contribution in [0.25, 0.3) is 0 Å². The molecule has 23 heavy (non-hydrogen) atoms. The normalized spacial score (nSPS) is 36.7. The van der Waals surface area contributed by atoms with E-state index in [1.54, 1.807) is 6.92 Å². The van der Waals surface area contributed by atoms with E-state index < -0.39 is 17.8 Å². The molecule has 7 nitrogen and oxygen atoms in total. The topological polar surface area (TPSA) is 88.1 Å². The molecule has 126 valence electrons. The van der Waals surface area contributed by atoms with Gasteiger partial charge in [0, 0.05) is 17.4 Å². The molecule has 3 aliphatic rings. The van der Waals surface area contributed by atoms with Crippen molar-refractivity contribution in [2.75, 3.05) is 20.3 Å². The third kappa shape index (κ3) is 2.52. The predicted molar refractivity (Wildman–Crippen MR) is 76.0 cm³/mol. The van der Waals surface area contributed by atoms with Crippen molar-refractivity contribution in [2.24, 2.45) is 23.7 Å². The number of methoxy groups -OCH3 is 1. The zero-order valence-corrected chi connectivity index (χ0v) is 13.2. The largest absolute Gasteiger partial charge is 0.469 e. The molecule has 2 saturated carbocycles. The molecule has 7 heteroatoms. The number of hydrogen-bond acceptors (Lipinski definition) is 7. The molecule has 1 saturated heterocycles. The van der Waals surface area contributed by atoms with Crippen molar-refractivity contribution < 1.29 is 33.3 Å². The van der Waals surface area contributed by atoms with Crippen LogP contribution in [0.1, 0.15) is 13.3 Å². The van der Waals surface area contributed by atoms with Crippen molar-refractivity contribution in [3.05, 3.63) is 12.2 Å². The molecule has 1 aliphatic heterocycles. The lowest BCUT2D eigenvalue weighted by Gasteiger charge is -2.30. The first-order chi connectivity index (χ1) is 11.0. The van der Waals surface area contributed by atoms with Gasteiger partial charge in [-0.2, -0.15) is 0 Å². The summed E-state index contributed by atoms with van der Waals surface area (Å²) in [6, 6.07) is 0. The Bertz CT molecular complexity index is 555. The van der Waals surface area contributed by atoms with Gasteiger partial charge >= 0.3 is 17.9 Å². The fourth-order valence-corrected chi connectivity index (χ4v) is 4.11. The summed E-state index contributed by atoms with van der Waals surface area (Å²) in [5.74, 6) is -2.18. The fourth-order valence-electron chi connectivity index (χ4n) is 4.11. The minimum atomic E-state index is -0.501. The van der Waals surface area contributed by atoms with Gasteiger partial charge in [-0.1, -0.05) is 6.58 Å². The molecule has 0 N–H and O–H groups in total. The van der Waals surface area contributed by atoms with Gasteiger partial charge in [0.25, 0.3) is 0 Å². The average Bonchev–Trinajstić information content (AvgIpc) is 3.12. The number of hydrogen-bond donors (Lipinski definition) is 0. The standard InChI is InChI=1S/C16H20O7/c1-7(2)14(17)22-5-4-21-12-8-6-9-11(10(8)15(18)20-3)16(19)23-13(9)12/h8-13H,1,4-6H2,2-3H3. The van der Waals surface area contributed by atoms with E-state index in [-0.39, 0.29) is 49.2 Å². The van der Waals surface area contributed by atoms with Crippen molar-refractivity contribution in [1.82, 2.24) is 0 Å². The second-order valence-electron chi connectivity index (χ2n) is 6.29. The number of ether oxygens (including phenoxy) is 4. The van der Waals surface area contributed by atoms with Crippen LogP contribution in [0.15, 0.2) is 12.2 Å². The van der Waals surface area contributed by atoms with Crippen LogP contribution in [0, 0.1) is 23.7 Å². The van der Waals surface area contributed by atoms with Gasteiger partial charge in [-0.05, 0) is 13.3 Å². The molecule has 0 amide bonds. The number of esters is 3. The highest BCUT2D eigenvalue weighted by Crippen LogP contribution is 2.58. The van der Waals surface area contributed by atoms with Crippen LogP contribution in [0.3, 0.4) is 0 Å².